The monoisotopic (exact) mass is 424 g/mol. The Bertz CT molecular complexity index is 820. The average Bonchev–Trinajstić information content (AvgIpc) is 2.58. The summed E-state index contributed by atoms with van der Waals surface area (Å²) in [6, 6.07) is 14.4. The van der Waals surface area contributed by atoms with Crippen molar-refractivity contribution in [3.8, 4) is 0 Å². The minimum Gasteiger partial charge on any atom is -0.355 e. The van der Waals surface area contributed by atoms with Crippen molar-refractivity contribution in [3.05, 3.63) is 64.1 Å². The van der Waals surface area contributed by atoms with Gasteiger partial charge >= 0.3 is 0 Å². The molecule has 0 bridgehead atoms. The first kappa shape index (κ1) is 19.6. The zero-order valence-electron chi connectivity index (χ0n) is 14.0. The number of nitrogens with one attached hydrogen (secondary N) is 2. The van der Waals surface area contributed by atoms with Crippen LogP contribution >= 0.6 is 15.9 Å². The molecule has 2 aromatic carbocycles. The number of rotatable bonds is 8. The van der Waals surface area contributed by atoms with Crippen LogP contribution in [0.3, 0.4) is 0 Å². The van der Waals surface area contributed by atoms with E-state index in [2.05, 4.69) is 26.0 Å². The van der Waals surface area contributed by atoms with Crippen LogP contribution in [0.5, 0.6) is 0 Å². The van der Waals surface area contributed by atoms with Crippen LogP contribution in [0.2, 0.25) is 0 Å². The molecule has 1 amide bonds. The second-order valence-electron chi connectivity index (χ2n) is 5.65. The van der Waals surface area contributed by atoms with Gasteiger partial charge in [-0.2, -0.15) is 0 Å². The van der Waals surface area contributed by atoms with Gasteiger partial charge in [-0.25, -0.2) is 13.1 Å². The largest absolute Gasteiger partial charge is 0.355 e. The third kappa shape index (κ3) is 6.26. The number of halogens is 1. The van der Waals surface area contributed by atoms with Crippen LogP contribution in [0, 0.1) is 6.92 Å². The average molecular weight is 425 g/mol. The van der Waals surface area contributed by atoms with Crippen LogP contribution in [-0.2, 0) is 21.2 Å². The molecule has 0 aliphatic carbocycles. The Morgan fingerprint density at radius 2 is 1.72 bits per heavy atom. The summed E-state index contributed by atoms with van der Waals surface area (Å²) < 4.78 is 27.7. The zero-order valence-corrected chi connectivity index (χ0v) is 16.4. The van der Waals surface area contributed by atoms with Crippen molar-refractivity contribution in [2.45, 2.75) is 24.7 Å². The Kier molecular flexibility index (Phi) is 7.16. The van der Waals surface area contributed by atoms with Gasteiger partial charge in [-0.3, -0.25) is 4.79 Å². The molecule has 2 N–H and O–H groups in total. The lowest BCUT2D eigenvalue weighted by Crippen LogP contribution is -2.34. The fraction of sp³-hybridized carbons (Fsp3) is 0.278. The van der Waals surface area contributed by atoms with Crippen molar-refractivity contribution >= 4 is 31.9 Å². The van der Waals surface area contributed by atoms with Gasteiger partial charge in [0.1, 0.15) is 0 Å². The second-order valence-corrected chi connectivity index (χ2v) is 8.27. The predicted molar refractivity (Wildman–Crippen MR) is 102 cm³/mol. The van der Waals surface area contributed by atoms with Gasteiger partial charge in [-0.1, -0.05) is 51.8 Å². The van der Waals surface area contributed by atoms with Gasteiger partial charge in [-0.15, -0.1) is 0 Å². The number of hydrogen-bond donors (Lipinski definition) is 2. The van der Waals surface area contributed by atoms with Crippen molar-refractivity contribution in [1.29, 1.82) is 0 Å². The van der Waals surface area contributed by atoms with E-state index in [0.717, 1.165) is 15.6 Å². The summed E-state index contributed by atoms with van der Waals surface area (Å²) in [5, 5.41) is 2.72. The fourth-order valence-corrected chi connectivity index (χ4v) is 3.74. The maximum Gasteiger partial charge on any atom is 0.240 e. The van der Waals surface area contributed by atoms with Crippen LogP contribution < -0.4 is 10.0 Å². The molecular weight excluding hydrogens is 404 g/mol. The smallest absolute Gasteiger partial charge is 0.240 e. The third-order valence-electron chi connectivity index (χ3n) is 3.65. The molecule has 0 aliphatic rings. The number of sulfonamides is 1. The van der Waals surface area contributed by atoms with E-state index in [1.165, 1.54) is 0 Å². The minimum absolute atomic E-state index is 0.106. The predicted octanol–water partition coefficient (Wildman–Crippen LogP) is 2.78. The highest BCUT2D eigenvalue weighted by Gasteiger charge is 2.12. The molecular formula is C18H21BrN2O3S. The molecule has 0 atom stereocenters. The molecule has 0 heterocycles. The van der Waals surface area contributed by atoms with E-state index < -0.39 is 10.0 Å². The lowest BCUT2D eigenvalue weighted by molar-refractivity contribution is -0.121. The fourth-order valence-electron chi connectivity index (χ4n) is 2.23. The molecule has 0 saturated heterocycles. The normalized spacial score (nSPS) is 11.3. The van der Waals surface area contributed by atoms with Crippen LogP contribution in [0.4, 0.5) is 0 Å². The molecule has 5 nitrogen and oxygen atoms in total. The van der Waals surface area contributed by atoms with Crippen molar-refractivity contribution in [2.24, 2.45) is 0 Å². The van der Waals surface area contributed by atoms with E-state index in [0.29, 0.717) is 12.8 Å². The molecule has 0 aliphatic heterocycles. The Morgan fingerprint density at radius 3 is 2.40 bits per heavy atom. The van der Waals surface area contributed by atoms with Crippen LogP contribution in [-0.4, -0.2) is 27.4 Å². The summed E-state index contributed by atoms with van der Waals surface area (Å²) in [6.45, 7) is 2.30. The number of amides is 1. The molecule has 2 aromatic rings. The quantitative estimate of drug-likeness (QED) is 0.639. The molecule has 0 radical (unpaired) electrons. The molecule has 134 valence electrons. The Balaban J connectivity index is 1.72. The van der Waals surface area contributed by atoms with Gasteiger partial charge in [0, 0.05) is 24.0 Å². The van der Waals surface area contributed by atoms with Gasteiger partial charge in [0.15, 0.2) is 0 Å². The Labute approximate surface area is 157 Å². The van der Waals surface area contributed by atoms with Crippen molar-refractivity contribution < 1.29 is 13.2 Å². The Hall–Kier alpha value is -1.70. The highest BCUT2D eigenvalue weighted by atomic mass is 79.9. The minimum atomic E-state index is -3.54. The summed E-state index contributed by atoms with van der Waals surface area (Å²) in [4.78, 5) is 12.1. The van der Waals surface area contributed by atoms with E-state index in [-0.39, 0.29) is 23.9 Å². The first-order valence-corrected chi connectivity index (χ1v) is 10.2. The van der Waals surface area contributed by atoms with Crippen molar-refractivity contribution in [2.75, 3.05) is 13.1 Å². The Morgan fingerprint density at radius 1 is 1.04 bits per heavy atom. The topological polar surface area (TPSA) is 75.3 Å². The number of carbonyl (C=O) groups excluding carboxylic acids is 1. The molecule has 0 saturated carbocycles. The van der Waals surface area contributed by atoms with E-state index in [1.807, 2.05) is 31.2 Å². The maximum atomic E-state index is 12.1. The standard InChI is InChI=1S/C18H21BrN2O3S/c1-14-6-9-16(10-7-14)25(23,24)21-13-12-20-18(22)11-8-15-4-2-3-5-17(15)19/h2-7,9-10,21H,8,11-13H2,1H3,(H,20,22). The summed E-state index contributed by atoms with van der Waals surface area (Å²) >= 11 is 3.45. The molecule has 2 rings (SSSR count). The number of benzene rings is 2. The van der Waals surface area contributed by atoms with Crippen molar-refractivity contribution in [1.82, 2.24) is 10.0 Å². The van der Waals surface area contributed by atoms with Crippen molar-refractivity contribution in [3.63, 3.8) is 0 Å². The highest BCUT2D eigenvalue weighted by molar-refractivity contribution is 9.10. The molecule has 0 aromatic heterocycles. The summed E-state index contributed by atoms with van der Waals surface area (Å²) in [5.74, 6) is -0.106. The van der Waals surface area contributed by atoms with E-state index >= 15 is 0 Å². The molecule has 25 heavy (non-hydrogen) atoms. The van der Waals surface area contributed by atoms with Gasteiger partial charge < -0.3 is 5.32 Å². The molecule has 0 unspecified atom stereocenters. The summed E-state index contributed by atoms with van der Waals surface area (Å²) in [7, 11) is -3.54. The first-order valence-electron chi connectivity index (χ1n) is 7.95. The van der Waals surface area contributed by atoms with Gasteiger partial charge in [0.05, 0.1) is 4.90 Å². The van der Waals surface area contributed by atoms with Crippen LogP contribution in [0.1, 0.15) is 17.5 Å². The second kappa shape index (κ2) is 9.12. The zero-order chi connectivity index (χ0) is 18.3. The molecule has 7 heteroatoms. The first-order chi connectivity index (χ1) is 11.9. The summed E-state index contributed by atoms with van der Waals surface area (Å²) in [6.07, 6.45) is 0.982. The van der Waals surface area contributed by atoms with E-state index in [9.17, 15) is 13.2 Å². The number of aryl methyl sites for hydroxylation is 2. The number of hydrogen-bond acceptors (Lipinski definition) is 3. The van der Waals surface area contributed by atoms with E-state index in [4.69, 9.17) is 0 Å². The van der Waals surface area contributed by atoms with Crippen LogP contribution in [0.15, 0.2) is 57.9 Å². The van der Waals surface area contributed by atoms with Crippen LogP contribution in [0.25, 0.3) is 0 Å². The third-order valence-corrected chi connectivity index (χ3v) is 5.90. The van der Waals surface area contributed by atoms with Gasteiger partial charge in [-0.05, 0) is 37.1 Å². The van der Waals surface area contributed by atoms with Gasteiger partial charge in [0.25, 0.3) is 0 Å². The SMILES string of the molecule is Cc1ccc(S(=O)(=O)NCCNC(=O)CCc2ccccc2Br)cc1. The lowest BCUT2D eigenvalue weighted by atomic mass is 10.1. The summed E-state index contributed by atoms with van der Waals surface area (Å²) in [5.41, 5.74) is 2.06. The number of carbonyl (C=O) groups is 1. The molecule has 0 spiro atoms. The van der Waals surface area contributed by atoms with E-state index in [1.54, 1.807) is 24.3 Å². The maximum absolute atomic E-state index is 12.1. The lowest BCUT2D eigenvalue weighted by Gasteiger charge is -2.09. The highest BCUT2D eigenvalue weighted by Crippen LogP contribution is 2.17. The molecule has 0 fully saturated rings. The van der Waals surface area contributed by atoms with Gasteiger partial charge in [0.2, 0.25) is 15.9 Å².